The van der Waals surface area contributed by atoms with Crippen LogP contribution in [0.3, 0.4) is 0 Å². The van der Waals surface area contributed by atoms with Crippen molar-refractivity contribution in [1.82, 2.24) is 4.90 Å². The largest absolute Gasteiger partial charge is 0.293 e. The molecule has 2 amide bonds. The third-order valence-electron chi connectivity index (χ3n) is 2.18. The zero-order valence-electron chi connectivity index (χ0n) is 8.44. The average molecular weight is 298 g/mol. The van der Waals surface area contributed by atoms with Crippen molar-refractivity contribution in [1.29, 1.82) is 0 Å². The van der Waals surface area contributed by atoms with Crippen LogP contribution in [0.15, 0.2) is 33.6 Å². The van der Waals surface area contributed by atoms with E-state index in [2.05, 4.69) is 15.9 Å². The molecule has 1 aliphatic heterocycles. The third kappa shape index (κ3) is 2.05. The van der Waals surface area contributed by atoms with E-state index >= 15 is 0 Å². The number of thioether (sulfide) groups is 1. The molecule has 1 heterocycles. The highest BCUT2D eigenvalue weighted by Gasteiger charge is 2.31. The van der Waals surface area contributed by atoms with Crippen molar-refractivity contribution in [2.75, 3.05) is 7.05 Å². The predicted octanol–water partition coefficient (Wildman–Crippen LogP) is 3.12. The van der Waals surface area contributed by atoms with Crippen LogP contribution in [-0.2, 0) is 4.79 Å². The number of carbonyl (C=O) groups excluding carboxylic acids is 2. The first-order valence-corrected chi connectivity index (χ1v) is 6.16. The SMILES string of the molecule is CN1C(=O)SC(=Cc2ccccc2Br)C1=O. The minimum atomic E-state index is -0.245. The van der Waals surface area contributed by atoms with Gasteiger partial charge in [-0.25, -0.2) is 0 Å². The molecule has 1 aromatic carbocycles. The van der Waals surface area contributed by atoms with E-state index in [0.29, 0.717) is 4.91 Å². The van der Waals surface area contributed by atoms with Crippen LogP contribution in [0.2, 0.25) is 0 Å². The van der Waals surface area contributed by atoms with Gasteiger partial charge in [-0.1, -0.05) is 34.1 Å². The normalized spacial score (nSPS) is 18.6. The van der Waals surface area contributed by atoms with E-state index in [-0.39, 0.29) is 11.1 Å². The van der Waals surface area contributed by atoms with Crippen LogP contribution in [0.25, 0.3) is 6.08 Å². The number of hydrogen-bond donors (Lipinski definition) is 0. The third-order valence-corrected chi connectivity index (χ3v) is 3.86. The minimum absolute atomic E-state index is 0.233. The van der Waals surface area contributed by atoms with Gasteiger partial charge in [-0.15, -0.1) is 0 Å². The summed E-state index contributed by atoms with van der Waals surface area (Å²) in [7, 11) is 1.48. The number of imide groups is 1. The molecular formula is C11H8BrNO2S. The molecule has 0 aromatic heterocycles. The maximum absolute atomic E-state index is 11.6. The Morgan fingerprint density at radius 2 is 2.00 bits per heavy atom. The number of rotatable bonds is 1. The predicted molar refractivity (Wildman–Crippen MR) is 67.9 cm³/mol. The summed E-state index contributed by atoms with van der Waals surface area (Å²) in [5.41, 5.74) is 0.890. The van der Waals surface area contributed by atoms with Crippen molar-refractivity contribution in [3.05, 3.63) is 39.2 Å². The van der Waals surface area contributed by atoms with Crippen molar-refractivity contribution in [2.24, 2.45) is 0 Å². The Morgan fingerprint density at radius 3 is 2.56 bits per heavy atom. The van der Waals surface area contributed by atoms with Gasteiger partial charge in [0.15, 0.2) is 0 Å². The lowest BCUT2D eigenvalue weighted by Crippen LogP contribution is -2.22. The van der Waals surface area contributed by atoms with Gasteiger partial charge >= 0.3 is 0 Å². The standard InChI is InChI=1S/C11H8BrNO2S/c1-13-10(14)9(16-11(13)15)6-7-4-2-3-5-8(7)12/h2-6H,1H3. The van der Waals surface area contributed by atoms with Gasteiger partial charge in [0, 0.05) is 11.5 Å². The van der Waals surface area contributed by atoms with E-state index in [1.54, 1.807) is 6.08 Å². The van der Waals surface area contributed by atoms with Crippen molar-refractivity contribution < 1.29 is 9.59 Å². The van der Waals surface area contributed by atoms with E-state index in [0.717, 1.165) is 26.7 Å². The number of carbonyl (C=O) groups is 2. The minimum Gasteiger partial charge on any atom is -0.272 e. The molecule has 3 nitrogen and oxygen atoms in total. The Hall–Kier alpha value is -1.07. The molecule has 82 valence electrons. The Balaban J connectivity index is 2.37. The zero-order valence-corrected chi connectivity index (χ0v) is 10.8. The summed E-state index contributed by atoms with van der Waals surface area (Å²) >= 11 is 4.35. The van der Waals surface area contributed by atoms with E-state index < -0.39 is 0 Å². The molecule has 0 unspecified atom stereocenters. The van der Waals surface area contributed by atoms with Gasteiger partial charge in [0.25, 0.3) is 11.1 Å². The number of nitrogens with zero attached hydrogens (tertiary/aromatic N) is 1. The lowest BCUT2D eigenvalue weighted by molar-refractivity contribution is -0.121. The van der Waals surface area contributed by atoms with Gasteiger partial charge in [-0.3, -0.25) is 14.5 Å². The second-order valence-electron chi connectivity index (χ2n) is 3.26. The molecule has 5 heteroatoms. The Bertz CT molecular complexity index is 499. The Labute approximate surface area is 106 Å². The summed E-state index contributed by atoms with van der Waals surface area (Å²) < 4.78 is 0.901. The van der Waals surface area contributed by atoms with E-state index in [1.807, 2.05) is 24.3 Å². The van der Waals surface area contributed by atoms with Crippen molar-refractivity contribution >= 4 is 44.9 Å². The van der Waals surface area contributed by atoms with Crippen LogP contribution in [-0.4, -0.2) is 23.1 Å². The monoisotopic (exact) mass is 297 g/mol. The summed E-state index contributed by atoms with van der Waals surface area (Å²) in [5, 5.41) is -0.233. The average Bonchev–Trinajstić information content (AvgIpc) is 2.50. The first kappa shape index (κ1) is 11.4. The van der Waals surface area contributed by atoms with Gasteiger partial charge in [0.2, 0.25) is 0 Å². The van der Waals surface area contributed by atoms with Crippen molar-refractivity contribution in [3.8, 4) is 0 Å². The molecule has 0 bridgehead atoms. The fraction of sp³-hybridized carbons (Fsp3) is 0.0909. The maximum atomic E-state index is 11.6. The molecule has 16 heavy (non-hydrogen) atoms. The first-order chi connectivity index (χ1) is 7.59. The smallest absolute Gasteiger partial charge is 0.272 e. The molecule has 0 spiro atoms. The number of halogens is 1. The first-order valence-electron chi connectivity index (χ1n) is 4.55. The van der Waals surface area contributed by atoms with E-state index in [1.165, 1.54) is 7.05 Å². The van der Waals surface area contributed by atoms with Crippen molar-refractivity contribution in [3.63, 3.8) is 0 Å². The van der Waals surface area contributed by atoms with Crippen LogP contribution in [0.1, 0.15) is 5.56 Å². The zero-order chi connectivity index (χ0) is 11.7. The van der Waals surface area contributed by atoms with Gasteiger partial charge < -0.3 is 0 Å². The van der Waals surface area contributed by atoms with Crippen molar-refractivity contribution in [2.45, 2.75) is 0 Å². The van der Waals surface area contributed by atoms with Crippen LogP contribution in [0, 0.1) is 0 Å². The molecule has 1 aromatic rings. The summed E-state index contributed by atoms with van der Waals surface area (Å²) in [6.07, 6.45) is 1.72. The topological polar surface area (TPSA) is 37.4 Å². The lowest BCUT2D eigenvalue weighted by Gasteiger charge is -2.01. The lowest BCUT2D eigenvalue weighted by atomic mass is 10.2. The highest BCUT2D eigenvalue weighted by atomic mass is 79.9. The van der Waals surface area contributed by atoms with Crippen LogP contribution < -0.4 is 0 Å². The summed E-state index contributed by atoms with van der Waals surface area (Å²) in [6, 6.07) is 7.55. The maximum Gasteiger partial charge on any atom is 0.293 e. The van der Waals surface area contributed by atoms with E-state index in [4.69, 9.17) is 0 Å². The molecule has 0 N–H and O–H groups in total. The molecular weight excluding hydrogens is 290 g/mol. The van der Waals surface area contributed by atoms with Gasteiger partial charge in [0.05, 0.1) is 4.91 Å². The molecule has 0 radical (unpaired) electrons. The molecule has 0 saturated carbocycles. The number of likely N-dealkylation sites (N-methyl/N-ethyl adjacent to an activating group) is 1. The van der Waals surface area contributed by atoms with E-state index in [9.17, 15) is 9.59 Å². The molecule has 1 fully saturated rings. The number of amides is 2. The summed E-state index contributed by atoms with van der Waals surface area (Å²) in [5.74, 6) is -0.245. The highest BCUT2D eigenvalue weighted by molar-refractivity contribution is 9.10. The fourth-order valence-electron chi connectivity index (χ4n) is 1.28. The molecule has 0 aliphatic carbocycles. The molecule has 1 saturated heterocycles. The number of hydrogen-bond acceptors (Lipinski definition) is 3. The second kappa shape index (κ2) is 4.43. The van der Waals surface area contributed by atoms with Crippen LogP contribution in [0.4, 0.5) is 4.79 Å². The summed E-state index contributed by atoms with van der Waals surface area (Å²) in [4.78, 5) is 24.5. The van der Waals surface area contributed by atoms with Crippen LogP contribution >= 0.6 is 27.7 Å². The number of benzene rings is 1. The van der Waals surface area contributed by atoms with Gasteiger partial charge in [0.1, 0.15) is 0 Å². The van der Waals surface area contributed by atoms with Gasteiger partial charge in [-0.2, -0.15) is 0 Å². The molecule has 0 atom stereocenters. The van der Waals surface area contributed by atoms with Crippen LogP contribution in [0.5, 0.6) is 0 Å². The quantitative estimate of drug-likeness (QED) is 0.748. The summed E-state index contributed by atoms with van der Waals surface area (Å²) in [6.45, 7) is 0. The molecule has 2 rings (SSSR count). The molecule has 1 aliphatic rings. The second-order valence-corrected chi connectivity index (χ2v) is 5.11. The van der Waals surface area contributed by atoms with Gasteiger partial charge in [-0.05, 0) is 29.5 Å². The Morgan fingerprint density at radius 1 is 1.31 bits per heavy atom. The fourth-order valence-corrected chi connectivity index (χ4v) is 2.50. The Kier molecular flexibility index (Phi) is 3.16. The highest BCUT2D eigenvalue weighted by Crippen LogP contribution is 2.32.